The smallest absolute Gasteiger partial charge is 0.222 e. The maximum absolute atomic E-state index is 13.3. The van der Waals surface area contributed by atoms with E-state index in [-0.39, 0.29) is 11.7 Å². The van der Waals surface area contributed by atoms with E-state index in [4.69, 9.17) is 11.6 Å². The van der Waals surface area contributed by atoms with Crippen molar-refractivity contribution in [1.29, 1.82) is 0 Å². The molecule has 29 heavy (non-hydrogen) atoms. The van der Waals surface area contributed by atoms with Crippen molar-refractivity contribution in [3.63, 3.8) is 0 Å². The minimum absolute atomic E-state index is 0.285. The molecule has 1 aromatic heterocycles. The molecule has 0 bridgehead atoms. The SMILES string of the molecule is O=C1CCCN1CCCNCc1cn(Cc2ccc(F)cc2Cl)c2ccccc12. The van der Waals surface area contributed by atoms with Crippen LogP contribution in [0.4, 0.5) is 4.39 Å². The highest BCUT2D eigenvalue weighted by molar-refractivity contribution is 6.31. The number of rotatable bonds is 8. The molecule has 1 aliphatic rings. The van der Waals surface area contributed by atoms with Crippen molar-refractivity contribution in [3.05, 3.63) is 70.6 Å². The summed E-state index contributed by atoms with van der Waals surface area (Å²) in [6, 6.07) is 12.8. The summed E-state index contributed by atoms with van der Waals surface area (Å²) in [5.74, 6) is -0.0378. The largest absolute Gasteiger partial charge is 0.343 e. The lowest BCUT2D eigenvalue weighted by Crippen LogP contribution is -2.28. The number of amides is 1. The van der Waals surface area contributed by atoms with Crippen molar-refractivity contribution in [1.82, 2.24) is 14.8 Å². The molecule has 3 aromatic rings. The molecule has 1 N–H and O–H groups in total. The Labute approximate surface area is 175 Å². The average Bonchev–Trinajstić information content (AvgIpc) is 3.28. The van der Waals surface area contributed by atoms with Gasteiger partial charge in [0.05, 0.1) is 0 Å². The van der Waals surface area contributed by atoms with Gasteiger partial charge in [0.15, 0.2) is 0 Å². The van der Waals surface area contributed by atoms with Crippen LogP contribution in [0.15, 0.2) is 48.7 Å². The van der Waals surface area contributed by atoms with E-state index in [1.54, 1.807) is 6.07 Å². The molecule has 1 aliphatic heterocycles. The number of nitrogens with zero attached hydrogens (tertiary/aromatic N) is 2. The van der Waals surface area contributed by atoms with Gasteiger partial charge in [0.1, 0.15) is 5.82 Å². The lowest BCUT2D eigenvalue weighted by atomic mass is 10.2. The lowest BCUT2D eigenvalue weighted by Gasteiger charge is -2.15. The predicted octanol–water partition coefficient (Wildman–Crippen LogP) is 4.58. The Balaban J connectivity index is 1.41. The maximum atomic E-state index is 13.3. The Kier molecular flexibility index (Phi) is 6.16. The van der Waals surface area contributed by atoms with Crippen LogP contribution in [-0.2, 0) is 17.9 Å². The van der Waals surface area contributed by atoms with Crippen LogP contribution in [-0.4, -0.2) is 35.0 Å². The Morgan fingerprint density at radius 1 is 1.14 bits per heavy atom. The molecule has 2 aromatic carbocycles. The maximum Gasteiger partial charge on any atom is 0.222 e. The minimum atomic E-state index is -0.323. The molecule has 6 heteroatoms. The van der Waals surface area contributed by atoms with Crippen molar-refractivity contribution in [2.75, 3.05) is 19.6 Å². The van der Waals surface area contributed by atoms with E-state index in [2.05, 4.69) is 28.2 Å². The second kappa shape index (κ2) is 8.97. The van der Waals surface area contributed by atoms with Gasteiger partial charge in [0, 0.05) is 54.7 Å². The Morgan fingerprint density at radius 3 is 2.79 bits per heavy atom. The number of likely N-dealkylation sites (tertiary alicyclic amines) is 1. The Morgan fingerprint density at radius 2 is 2.00 bits per heavy atom. The molecule has 1 fully saturated rings. The van der Waals surface area contributed by atoms with Gasteiger partial charge < -0.3 is 14.8 Å². The monoisotopic (exact) mass is 413 g/mol. The zero-order valence-electron chi connectivity index (χ0n) is 16.3. The van der Waals surface area contributed by atoms with Gasteiger partial charge in [-0.2, -0.15) is 0 Å². The summed E-state index contributed by atoms with van der Waals surface area (Å²) in [6.07, 6.45) is 4.78. The number of para-hydroxylation sites is 1. The third-order valence-corrected chi connectivity index (χ3v) is 5.85. The highest BCUT2D eigenvalue weighted by Gasteiger charge is 2.19. The normalized spacial score (nSPS) is 14.3. The molecule has 1 amide bonds. The first kappa shape index (κ1) is 19.9. The number of halogens is 2. The molecule has 1 saturated heterocycles. The molecular formula is C23H25ClFN3O. The quantitative estimate of drug-likeness (QED) is 0.548. The van der Waals surface area contributed by atoms with Crippen LogP contribution < -0.4 is 5.32 Å². The number of carbonyl (C=O) groups excluding carboxylic acids is 1. The van der Waals surface area contributed by atoms with Crippen LogP contribution >= 0.6 is 11.6 Å². The highest BCUT2D eigenvalue weighted by atomic mass is 35.5. The van der Waals surface area contributed by atoms with Crippen molar-refractivity contribution in [2.45, 2.75) is 32.4 Å². The molecule has 0 atom stereocenters. The van der Waals surface area contributed by atoms with E-state index in [0.717, 1.165) is 50.1 Å². The standard InChI is InChI=1S/C23H25ClFN3O/c24-21-13-19(25)9-8-17(21)15-28-16-18(20-5-1-2-6-22(20)28)14-26-10-4-12-27-11-3-7-23(27)29/h1-2,5-6,8-9,13,16,26H,3-4,7,10-12,14-15H2. The summed E-state index contributed by atoms with van der Waals surface area (Å²) in [5, 5.41) is 5.15. The van der Waals surface area contributed by atoms with Crippen molar-refractivity contribution < 1.29 is 9.18 Å². The molecule has 0 unspecified atom stereocenters. The summed E-state index contributed by atoms with van der Waals surface area (Å²) in [4.78, 5) is 13.6. The first-order valence-corrected chi connectivity index (χ1v) is 10.5. The van der Waals surface area contributed by atoms with Gasteiger partial charge in [-0.05, 0) is 48.7 Å². The topological polar surface area (TPSA) is 37.3 Å². The zero-order chi connectivity index (χ0) is 20.2. The van der Waals surface area contributed by atoms with Crippen molar-refractivity contribution >= 4 is 28.4 Å². The van der Waals surface area contributed by atoms with Gasteiger partial charge in [-0.1, -0.05) is 35.9 Å². The van der Waals surface area contributed by atoms with Crippen LogP contribution in [0.1, 0.15) is 30.4 Å². The van der Waals surface area contributed by atoms with E-state index in [9.17, 15) is 9.18 Å². The summed E-state index contributed by atoms with van der Waals surface area (Å²) < 4.78 is 15.5. The van der Waals surface area contributed by atoms with Crippen LogP contribution in [0.3, 0.4) is 0 Å². The summed E-state index contributed by atoms with van der Waals surface area (Å²) >= 11 is 6.23. The van der Waals surface area contributed by atoms with Crippen LogP contribution in [0.2, 0.25) is 5.02 Å². The fourth-order valence-corrected chi connectivity index (χ4v) is 4.21. The number of hydrogen-bond acceptors (Lipinski definition) is 2. The molecule has 0 aliphatic carbocycles. The molecule has 0 spiro atoms. The number of aromatic nitrogens is 1. The summed E-state index contributed by atoms with van der Waals surface area (Å²) in [7, 11) is 0. The second-order valence-electron chi connectivity index (χ2n) is 7.55. The van der Waals surface area contributed by atoms with Gasteiger partial charge in [0.25, 0.3) is 0 Å². The van der Waals surface area contributed by atoms with Gasteiger partial charge in [-0.3, -0.25) is 4.79 Å². The first-order chi connectivity index (χ1) is 14.1. The molecule has 0 saturated carbocycles. The average molecular weight is 414 g/mol. The van der Waals surface area contributed by atoms with Gasteiger partial charge in [0.2, 0.25) is 5.91 Å². The number of benzene rings is 2. The molecule has 4 rings (SSSR count). The van der Waals surface area contributed by atoms with E-state index >= 15 is 0 Å². The van der Waals surface area contributed by atoms with Crippen molar-refractivity contribution in [2.24, 2.45) is 0 Å². The fraction of sp³-hybridized carbons (Fsp3) is 0.348. The van der Waals surface area contributed by atoms with E-state index in [1.165, 1.54) is 23.1 Å². The third kappa shape index (κ3) is 4.62. The van der Waals surface area contributed by atoms with Gasteiger partial charge in [-0.25, -0.2) is 4.39 Å². The molecule has 0 radical (unpaired) electrons. The Hall–Kier alpha value is -2.37. The van der Waals surface area contributed by atoms with E-state index < -0.39 is 0 Å². The van der Waals surface area contributed by atoms with E-state index in [0.29, 0.717) is 18.0 Å². The first-order valence-electron chi connectivity index (χ1n) is 10.1. The van der Waals surface area contributed by atoms with Gasteiger partial charge >= 0.3 is 0 Å². The second-order valence-corrected chi connectivity index (χ2v) is 7.96. The van der Waals surface area contributed by atoms with Crippen LogP contribution in [0.25, 0.3) is 10.9 Å². The minimum Gasteiger partial charge on any atom is -0.343 e. The van der Waals surface area contributed by atoms with Crippen LogP contribution in [0, 0.1) is 5.82 Å². The zero-order valence-corrected chi connectivity index (χ0v) is 17.1. The molecule has 152 valence electrons. The number of hydrogen-bond donors (Lipinski definition) is 1. The van der Waals surface area contributed by atoms with Gasteiger partial charge in [-0.15, -0.1) is 0 Å². The molecule has 2 heterocycles. The van der Waals surface area contributed by atoms with E-state index in [1.807, 2.05) is 17.0 Å². The lowest BCUT2D eigenvalue weighted by molar-refractivity contribution is -0.127. The highest BCUT2D eigenvalue weighted by Crippen LogP contribution is 2.25. The summed E-state index contributed by atoms with van der Waals surface area (Å²) in [6.45, 7) is 3.96. The number of carbonyl (C=O) groups is 1. The van der Waals surface area contributed by atoms with Crippen molar-refractivity contribution in [3.8, 4) is 0 Å². The summed E-state index contributed by atoms with van der Waals surface area (Å²) in [5.41, 5.74) is 3.24. The molecule has 4 nitrogen and oxygen atoms in total. The predicted molar refractivity (Wildman–Crippen MR) is 115 cm³/mol. The third-order valence-electron chi connectivity index (χ3n) is 5.50. The number of fused-ring (bicyclic) bond motifs is 1. The molecular weight excluding hydrogens is 389 g/mol. The Bertz CT molecular complexity index is 1020. The number of nitrogens with one attached hydrogen (secondary N) is 1. The fourth-order valence-electron chi connectivity index (χ4n) is 3.99. The van der Waals surface area contributed by atoms with Crippen LogP contribution in [0.5, 0.6) is 0 Å².